The number of carbonyl (C=O) groups is 1. The van der Waals surface area contributed by atoms with Gasteiger partial charge in [-0.15, -0.1) is 12.4 Å². The minimum Gasteiger partial charge on any atom is -0.350 e. The monoisotopic (exact) mass is 597 g/mol. The van der Waals surface area contributed by atoms with Crippen LogP contribution in [0.1, 0.15) is 22.3 Å². The van der Waals surface area contributed by atoms with Gasteiger partial charge in [0.25, 0.3) is 0 Å². The van der Waals surface area contributed by atoms with Gasteiger partial charge in [0.15, 0.2) is 0 Å². The Balaban J connectivity index is 0.00000320. The quantitative estimate of drug-likeness (QED) is 0.343. The lowest BCUT2D eigenvalue weighted by Gasteiger charge is -2.45. The smallest absolute Gasteiger partial charge is 0.241 e. The highest BCUT2D eigenvalue weighted by Crippen LogP contribution is 2.36. The molecule has 1 saturated heterocycles. The van der Waals surface area contributed by atoms with Crippen molar-refractivity contribution in [3.05, 3.63) is 103 Å². The van der Waals surface area contributed by atoms with Crippen LogP contribution in [0.5, 0.6) is 0 Å². The van der Waals surface area contributed by atoms with Crippen molar-refractivity contribution >= 4 is 64.7 Å². The van der Waals surface area contributed by atoms with Crippen molar-refractivity contribution in [3.8, 4) is 0 Å². The number of amides is 1. The summed E-state index contributed by atoms with van der Waals surface area (Å²) >= 11 is 24.7. The molecule has 0 atom stereocenters. The van der Waals surface area contributed by atoms with Crippen molar-refractivity contribution in [1.82, 2.24) is 15.1 Å². The Morgan fingerprint density at radius 2 is 1.24 bits per heavy atom. The van der Waals surface area contributed by atoms with E-state index in [4.69, 9.17) is 46.4 Å². The first-order valence-electron chi connectivity index (χ1n) is 12.0. The predicted molar refractivity (Wildman–Crippen MR) is 155 cm³/mol. The average molecular weight is 600 g/mol. The van der Waals surface area contributed by atoms with E-state index in [9.17, 15) is 4.79 Å². The van der Waals surface area contributed by atoms with E-state index in [0.717, 1.165) is 43.9 Å². The minimum absolute atomic E-state index is 0. The molecule has 1 aliphatic heterocycles. The molecule has 37 heavy (non-hydrogen) atoms. The Labute approximate surface area is 244 Å². The zero-order chi connectivity index (χ0) is 25.3. The summed E-state index contributed by atoms with van der Waals surface area (Å²) in [5.41, 5.74) is 3.86. The molecular formula is C28H28Cl5N3O. The number of carbonyl (C=O) groups excluding carboxylic acids is 1. The van der Waals surface area contributed by atoms with Crippen LogP contribution >= 0.6 is 58.8 Å². The average Bonchev–Trinajstić information content (AvgIpc) is 3.23. The molecule has 0 spiro atoms. The molecule has 0 aromatic heterocycles. The van der Waals surface area contributed by atoms with Crippen LogP contribution in [0.3, 0.4) is 0 Å². The Kier molecular flexibility index (Phi) is 9.34. The second-order valence-electron chi connectivity index (χ2n) is 9.66. The van der Waals surface area contributed by atoms with Gasteiger partial charge in [-0.2, -0.15) is 0 Å². The van der Waals surface area contributed by atoms with E-state index in [0.29, 0.717) is 39.5 Å². The molecule has 0 bridgehead atoms. The third kappa shape index (κ3) is 6.57. The zero-order valence-corrected chi connectivity index (χ0v) is 24.0. The Morgan fingerprint density at radius 1 is 0.757 bits per heavy atom. The maximum atomic E-state index is 13.9. The minimum atomic E-state index is -0.614. The van der Waals surface area contributed by atoms with Gasteiger partial charge in [-0.05, 0) is 58.7 Å². The van der Waals surface area contributed by atoms with E-state index in [2.05, 4.69) is 39.4 Å². The number of rotatable bonds is 6. The van der Waals surface area contributed by atoms with Gasteiger partial charge in [0.1, 0.15) is 5.54 Å². The molecule has 1 fully saturated rings. The fraction of sp³-hybridized carbons (Fsp3) is 0.321. The standard InChI is InChI=1S/C28H27Cl4N3O.ClH/c29-23-9-19(10-24(30)13-23)17-33-27(36)28(15-21-3-1-2-4-22(21)16-28)35-7-5-34(6-8-35)18-20-11-25(31)14-26(32)12-20;/h1-4,9-14H,5-8,15-18H2,(H,33,36);1H. The van der Waals surface area contributed by atoms with E-state index in [1.165, 1.54) is 11.1 Å². The molecule has 4 nitrogen and oxygen atoms in total. The van der Waals surface area contributed by atoms with E-state index in [1.54, 1.807) is 12.1 Å². The van der Waals surface area contributed by atoms with Crippen LogP contribution in [0.2, 0.25) is 20.1 Å². The SMILES string of the molecule is Cl.O=C(NCc1cc(Cl)cc(Cl)c1)C1(N2CCN(Cc3cc(Cl)cc(Cl)c3)CC2)Cc2ccccc2C1. The molecule has 9 heteroatoms. The van der Waals surface area contributed by atoms with Gasteiger partial charge >= 0.3 is 0 Å². The van der Waals surface area contributed by atoms with Gasteiger partial charge in [0.2, 0.25) is 5.91 Å². The lowest BCUT2D eigenvalue weighted by atomic mass is 9.90. The fourth-order valence-corrected chi connectivity index (χ4v) is 6.62. The molecule has 3 aromatic rings. The number of fused-ring (bicyclic) bond motifs is 1. The summed E-state index contributed by atoms with van der Waals surface area (Å²) < 4.78 is 0. The second-order valence-corrected chi connectivity index (χ2v) is 11.4. The topological polar surface area (TPSA) is 35.6 Å². The molecule has 0 saturated carbocycles. The second kappa shape index (κ2) is 12.1. The first kappa shape index (κ1) is 28.5. The van der Waals surface area contributed by atoms with Crippen molar-refractivity contribution in [3.63, 3.8) is 0 Å². The van der Waals surface area contributed by atoms with Gasteiger partial charge in [0, 0.05) is 72.2 Å². The highest BCUT2D eigenvalue weighted by molar-refractivity contribution is 6.35. The number of nitrogens with zero attached hydrogens (tertiary/aromatic N) is 2. The molecule has 0 radical (unpaired) electrons. The first-order valence-corrected chi connectivity index (χ1v) is 13.5. The summed E-state index contributed by atoms with van der Waals surface area (Å²) in [6.07, 6.45) is 1.41. The van der Waals surface area contributed by atoms with Gasteiger partial charge < -0.3 is 5.32 Å². The molecule has 0 unspecified atom stereocenters. The third-order valence-corrected chi connectivity index (χ3v) is 8.06. The predicted octanol–water partition coefficient (Wildman–Crippen LogP) is 6.69. The number of nitrogens with one attached hydrogen (secondary N) is 1. The summed E-state index contributed by atoms with van der Waals surface area (Å²) in [6, 6.07) is 19.4. The summed E-state index contributed by atoms with van der Waals surface area (Å²) in [4.78, 5) is 18.6. The Bertz CT molecular complexity index is 1210. The first-order chi connectivity index (χ1) is 17.3. The van der Waals surface area contributed by atoms with Gasteiger partial charge in [0.05, 0.1) is 0 Å². The van der Waals surface area contributed by atoms with Crippen LogP contribution in [0, 0.1) is 0 Å². The fourth-order valence-electron chi connectivity index (χ4n) is 5.48. The molecule has 2 aliphatic rings. The van der Waals surface area contributed by atoms with Crippen LogP contribution in [-0.2, 0) is 30.7 Å². The van der Waals surface area contributed by atoms with E-state index in [-0.39, 0.29) is 18.3 Å². The lowest BCUT2D eigenvalue weighted by Crippen LogP contribution is -2.64. The van der Waals surface area contributed by atoms with E-state index < -0.39 is 5.54 Å². The van der Waals surface area contributed by atoms with Crippen LogP contribution in [0.4, 0.5) is 0 Å². The third-order valence-electron chi connectivity index (χ3n) is 7.19. The molecular weight excluding hydrogens is 572 g/mol. The number of piperazine rings is 1. The van der Waals surface area contributed by atoms with Crippen molar-refractivity contribution in [2.24, 2.45) is 0 Å². The summed E-state index contributed by atoms with van der Waals surface area (Å²) in [6.45, 7) is 4.49. The van der Waals surface area contributed by atoms with E-state index in [1.807, 2.05) is 24.3 Å². The van der Waals surface area contributed by atoms with Crippen molar-refractivity contribution in [2.45, 2.75) is 31.5 Å². The van der Waals surface area contributed by atoms with E-state index >= 15 is 0 Å². The van der Waals surface area contributed by atoms with Gasteiger partial charge in [-0.3, -0.25) is 14.6 Å². The Morgan fingerprint density at radius 3 is 1.76 bits per heavy atom. The van der Waals surface area contributed by atoms with Crippen molar-refractivity contribution in [1.29, 1.82) is 0 Å². The molecule has 1 heterocycles. The highest BCUT2D eigenvalue weighted by Gasteiger charge is 2.48. The molecule has 5 rings (SSSR count). The normalized spacial score (nSPS) is 17.2. The van der Waals surface area contributed by atoms with Gasteiger partial charge in [-0.1, -0.05) is 70.7 Å². The van der Waals surface area contributed by atoms with Crippen LogP contribution in [0.15, 0.2) is 60.7 Å². The highest BCUT2D eigenvalue weighted by atomic mass is 35.5. The van der Waals surface area contributed by atoms with Gasteiger partial charge in [-0.25, -0.2) is 0 Å². The summed E-state index contributed by atoms with van der Waals surface area (Å²) in [5.74, 6) is 0.0462. The number of benzene rings is 3. The molecule has 196 valence electrons. The molecule has 1 aliphatic carbocycles. The number of hydrogen-bond donors (Lipinski definition) is 1. The molecule has 3 aromatic carbocycles. The Hall–Kier alpha value is -1.50. The zero-order valence-electron chi connectivity index (χ0n) is 20.2. The van der Waals surface area contributed by atoms with Crippen LogP contribution < -0.4 is 5.32 Å². The van der Waals surface area contributed by atoms with Crippen LogP contribution in [0.25, 0.3) is 0 Å². The number of halogens is 5. The van der Waals surface area contributed by atoms with Crippen LogP contribution in [-0.4, -0.2) is 47.4 Å². The summed E-state index contributed by atoms with van der Waals surface area (Å²) in [7, 11) is 0. The van der Waals surface area contributed by atoms with Crippen molar-refractivity contribution < 1.29 is 4.79 Å². The maximum Gasteiger partial charge on any atom is 0.241 e. The van der Waals surface area contributed by atoms with Crippen molar-refractivity contribution in [2.75, 3.05) is 26.2 Å². The largest absolute Gasteiger partial charge is 0.350 e. The summed E-state index contributed by atoms with van der Waals surface area (Å²) in [5, 5.41) is 5.61. The maximum absolute atomic E-state index is 13.9. The lowest BCUT2D eigenvalue weighted by molar-refractivity contribution is -0.135. The molecule has 1 N–H and O–H groups in total. The number of hydrogen-bond acceptors (Lipinski definition) is 3. The molecule has 1 amide bonds.